The lowest BCUT2D eigenvalue weighted by molar-refractivity contribution is -0.139. The molecule has 0 saturated heterocycles. The Morgan fingerprint density at radius 3 is 2.61 bits per heavy atom. The second kappa shape index (κ2) is 8.39. The molecule has 4 nitrogen and oxygen atoms in total. The lowest BCUT2D eigenvalue weighted by Crippen LogP contribution is -2.29. The average Bonchev–Trinajstić information content (AvgIpc) is 2.58. The van der Waals surface area contributed by atoms with Gasteiger partial charge in [-0.15, -0.1) is 11.8 Å². The molecule has 1 amide bonds. The van der Waals surface area contributed by atoms with Gasteiger partial charge in [-0.3, -0.25) is 9.59 Å². The SMILES string of the molecule is COC(=O)C(C)SCC(=O)NC(C)c1ccc2c(c1)CCCC2. The number of nitrogens with one attached hydrogen (secondary N) is 1. The fourth-order valence-electron chi connectivity index (χ4n) is 2.82. The summed E-state index contributed by atoms with van der Waals surface area (Å²) in [5.74, 6) is -0.104. The molecule has 2 rings (SSSR count). The van der Waals surface area contributed by atoms with Crippen molar-refractivity contribution in [1.82, 2.24) is 5.32 Å². The van der Waals surface area contributed by atoms with Crippen molar-refractivity contribution >= 4 is 23.6 Å². The molecule has 23 heavy (non-hydrogen) atoms. The van der Waals surface area contributed by atoms with Crippen molar-refractivity contribution in [3.8, 4) is 0 Å². The van der Waals surface area contributed by atoms with E-state index >= 15 is 0 Å². The van der Waals surface area contributed by atoms with E-state index in [1.54, 1.807) is 6.92 Å². The van der Waals surface area contributed by atoms with Gasteiger partial charge in [0.1, 0.15) is 5.25 Å². The van der Waals surface area contributed by atoms with Crippen molar-refractivity contribution in [2.24, 2.45) is 0 Å². The van der Waals surface area contributed by atoms with E-state index in [4.69, 9.17) is 0 Å². The Hall–Kier alpha value is -1.49. The third-order valence-corrected chi connectivity index (χ3v) is 5.37. The maximum atomic E-state index is 12.0. The van der Waals surface area contributed by atoms with E-state index in [0.717, 1.165) is 12.0 Å². The number of thioether (sulfide) groups is 1. The second-order valence-corrected chi connectivity index (χ2v) is 7.33. The van der Waals surface area contributed by atoms with E-state index < -0.39 is 0 Å². The number of fused-ring (bicyclic) bond motifs is 1. The maximum absolute atomic E-state index is 12.0. The predicted octanol–water partition coefficient (Wildman–Crippen LogP) is 3.04. The lowest BCUT2D eigenvalue weighted by atomic mass is 9.89. The van der Waals surface area contributed by atoms with Gasteiger partial charge < -0.3 is 10.1 Å². The monoisotopic (exact) mass is 335 g/mol. The highest BCUT2D eigenvalue weighted by Gasteiger charge is 2.17. The van der Waals surface area contributed by atoms with Crippen molar-refractivity contribution in [2.45, 2.75) is 50.8 Å². The molecule has 0 heterocycles. The van der Waals surface area contributed by atoms with Gasteiger partial charge in [0.2, 0.25) is 5.91 Å². The van der Waals surface area contributed by atoms with Crippen LogP contribution in [0.15, 0.2) is 18.2 Å². The molecule has 0 radical (unpaired) electrons. The van der Waals surface area contributed by atoms with Gasteiger partial charge in [-0.05, 0) is 56.2 Å². The number of aryl methyl sites for hydroxylation is 2. The molecule has 0 aliphatic heterocycles. The zero-order chi connectivity index (χ0) is 16.8. The Bertz CT molecular complexity index is 573. The molecule has 5 heteroatoms. The standard InChI is InChI=1S/C18H25NO3S/c1-12(19-17(20)11-23-13(2)18(21)22-3)15-9-8-14-6-4-5-7-16(14)10-15/h8-10,12-13H,4-7,11H2,1-3H3,(H,19,20). The molecule has 0 fully saturated rings. The Kier molecular flexibility index (Phi) is 6.51. The summed E-state index contributed by atoms with van der Waals surface area (Å²) in [5.41, 5.74) is 4.01. The number of benzene rings is 1. The first kappa shape index (κ1) is 17.9. The van der Waals surface area contributed by atoms with E-state index in [-0.39, 0.29) is 28.9 Å². The summed E-state index contributed by atoms with van der Waals surface area (Å²) in [4.78, 5) is 23.4. The number of carbonyl (C=O) groups is 2. The molecule has 0 spiro atoms. The molecule has 0 saturated carbocycles. The number of methoxy groups -OCH3 is 1. The summed E-state index contributed by atoms with van der Waals surface area (Å²) in [6.45, 7) is 3.74. The molecular weight excluding hydrogens is 310 g/mol. The van der Waals surface area contributed by atoms with Crippen LogP contribution in [0, 0.1) is 0 Å². The molecule has 0 aromatic heterocycles. The minimum absolute atomic E-state index is 0.0243. The van der Waals surface area contributed by atoms with Crippen LogP contribution in [0.4, 0.5) is 0 Å². The zero-order valence-electron chi connectivity index (χ0n) is 14.1. The van der Waals surface area contributed by atoms with Crippen LogP contribution in [0.1, 0.15) is 49.4 Å². The third kappa shape index (κ3) is 4.99. The quantitative estimate of drug-likeness (QED) is 0.812. The van der Waals surface area contributed by atoms with Gasteiger partial charge in [-0.25, -0.2) is 0 Å². The average molecular weight is 335 g/mol. The molecule has 1 N–H and O–H groups in total. The summed E-state index contributed by atoms with van der Waals surface area (Å²) >= 11 is 1.29. The minimum Gasteiger partial charge on any atom is -0.468 e. The summed E-state index contributed by atoms with van der Waals surface area (Å²) in [6.07, 6.45) is 4.82. The van der Waals surface area contributed by atoms with Gasteiger partial charge in [0, 0.05) is 0 Å². The minimum atomic E-state index is -0.329. The van der Waals surface area contributed by atoms with Gasteiger partial charge in [0.15, 0.2) is 0 Å². The van der Waals surface area contributed by atoms with Crippen LogP contribution in [0.2, 0.25) is 0 Å². The highest BCUT2D eigenvalue weighted by molar-refractivity contribution is 8.01. The van der Waals surface area contributed by atoms with E-state index in [9.17, 15) is 9.59 Å². The number of hydrogen-bond acceptors (Lipinski definition) is 4. The van der Waals surface area contributed by atoms with Gasteiger partial charge in [-0.1, -0.05) is 18.2 Å². The van der Waals surface area contributed by atoms with E-state index in [1.807, 2.05) is 6.92 Å². The van der Waals surface area contributed by atoms with Crippen LogP contribution in [0.25, 0.3) is 0 Å². The molecule has 1 aromatic carbocycles. The number of esters is 1. The zero-order valence-corrected chi connectivity index (χ0v) is 14.9. The predicted molar refractivity (Wildman–Crippen MR) is 93.6 cm³/mol. The number of carbonyl (C=O) groups excluding carboxylic acids is 2. The van der Waals surface area contributed by atoms with Crippen LogP contribution in [-0.2, 0) is 27.2 Å². The lowest BCUT2D eigenvalue weighted by Gasteiger charge is -2.20. The number of rotatable bonds is 6. The highest BCUT2D eigenvalue weighted by atomic mass is 32.2. The topological polar surface area (TPSA) is 55.4 Å². The smallest absolute Gasteiger partial charge is 0.318 e. The Labute approximate surface area is 142 Å². The number of amides is 1. The van der Waals surface area contributed by atoms with Crippen LogP contribution in [0.3, 0.4) is 0 Å². The van der Waals surface area contributed by atoms with E-state index in [2.05, 4.69) is 28.3 Å². The highest BCUT2D eigenvalue weighted by Crippen LogP contribution is 2.24. The Morgan fingerprint density at radius 1 is 1.22 bits per heavy atom. The van der Waals surface area contributed by atoms with Gasteiger partial charge in [-0.2, -0.15) is 0 Å². The van der Waals surface area contributed by atoms with Gasteiger partial charge >= 0.3 is 5.97 Å². The fourth-order valence-corrected chi connectivity index (χ4v) is 3.54. The van der Waals surface area contributed by atoms with Gasteiger partial charge in [0.25, 0.3) is 0 Å². The van der Waals surface area contributed by atoms with E-state index in [0.29, 0.717) is 0 Å². The van der Waals surface area contributed by atoms with Crippen LogP contribution in [0.5, 0.6) is 0 Å². The number of hydrogen-bond donors (Lipinski definition) is 1. The van der Waals surface area contributed by atoms with Crippen molar-refractivity contribution in [3.63, 3.8) is 0 Å². The fraction of sp³-hybridized carbons (Fsp3) is 0.556. The largest absolute Gasteiger partial charge is 0.468 e. The first-order valence-electron chi connectivity index (χ1n) is 8.11. The molecule has 126 valence electrons. The number of ether oxygens (including phenoxy) is 1. The van der Waals surface area contributed by atoms with Crippen molar-refractivity contribution in [2.75, 3.05) is 12.9 Å². The third-order valence-electron chi connectivity index (χ3n) is 4.25. The summed E-state index contributed by atoms with van der Waals surface area (Å²) in [7, 11) is 1.36. The van der Waals surface area contributed by atoms with Crippen LogP contribution in [-0.4, -0.2) is 30.0 Å². The molecule has 1 aliphatic carbocycles. The summed E-state index contributed by atoms with van der Waals surface area (Å²) < 4.78 is 4.66. The first-order chi connectivity index (χ1) is 11.0. The van der Waals surface area contributed by atoms with Gasteiger partial charge in [0.05, 0.1) is 18.9 Å². The molecule has 2 atom stereocenters. The molecule has 1 aliphatic rings. The molecule has 1 aromatic rings. The van der Waals surface area contributed by atoms with Crippen molar-refractivity contribution < 1.29 is 14.3 Å². The molecular formula is C18H25NO3S. The Morgan fingerprint density at radius 2 is 1.91 bits per heavy atom. The summed E-state index contributed by atoms with van der Waals surface area (Å²) in [5, 5.41) is 2.67. The van der Waals surface area contributed by atoms with Crippen molar-refractivity contribution in [3.05, 3.63) is 34.9 Å². The molecule has 2 unspecified atom stereocenters. The normalized spacial score (nSPS) is 16.1. The molecule has 0 bridgehead atoms. The Balaban J connectivity index is 1.87. The second-order valence-electron chi connectivity index (χ2n) is 6.00. The van der Waals surface area contributed by atoms with Crippen LogP contribution >= 0.6 is 11.8 Å². The van der Waals surface area contributed by atoms with Crippen LogP contribution < -0.4 is 5.32 Å². The first-order valence-corrected chi connectivity index (χ1v) is 9.16. The summed E-state index contributed by atoms with van der Waals surface area (Å²) in [6, 6.07) is 6.51. The maximum Gasteiger partial charge on any atom is 0.318 e. The van der Waals surface area contributed by atoms with Crippen molar-refractivity contribution in [1.29, 1.82) is 0 Å². The van der Waals surface area contributed by atoms with E-state index in [1.165, 1.54) is 49.3 Å².